The van der Waals surface area contributed by atoms with E-state index in [1.165, 1.54) is 6.26 Å². The molecule has 0 unspecified atom stereocenters. The minimum atomic E-state index is -0.545. The van der Waals surface area contributed by atoms with Crippen LogP contribution < -0.4 is 4.74 Å². The summed E-state index contributed by atoms with van der Waals surface area (Å²) >= 11 is 4.99. The molecule has 1 aromatic heterocycles. The number of carbonyl (C=O) groups excluding carboxylic acids is 1. The summed E-state index contributed by atoms with van der Waals surface area (Å²) in [5, 5.41) is -0.545. The van der Waals surface area contributed by atoms with Crippen LogP contribution in [0.2, 0.25) is 0 Å². The summed E-state index contributed by atoms with van der Waals surface area (Å²) < 4.78 is 9.51. The Labute approximate surface area is 62.5 Å². The lowest BCUT2D eigenvalue weighted by Crippen LogP contribution is -2.03. The first-order chi connectivity index (χ1) is 4.79. The molecular weight excluding hydrogens is 156 g/mol. The minimum Gasteiger partial charge on any atom is -0.456 e. The zero-order valence-electron chi connectivity index (χ0n) is 5.04. The number of halogens is 1. The van der Waals surface area contributed by atoms with Gasteiger partial charge in [-0.1, -0.05) is 0 Å². The van der Waals surface area contributed by atoms with Gasteiger partial charge in [-0.15, -0.1) is 0 Å². The lowest BCUT2D eigenvalue weighted by molar-refractivity contribution is -0.113. The van der Waals surface area contributed by atoms with Crippen molar-refractivity contribution in [3.8, 4) is 5.95 Å². The van der Waals surface area contributed by atoms with Crippen LogP contribution >= 0.6 is 11.6 Å². The van der Waals surface area contributed by atoms with E-state index < -0.39 is 5.24 Å². The topological polar surface area (TPSA) is 39.4 Å². The predicted molar refractivity (Wildman–Crippen MR) is 35.1 cm³/mol. The molecule has 1 rings (SSSR count). The number of carbonyl (C=O) groups is 1. The molecule has 0 saturated heterocycles. The average molecular weight is 161 g/mol. The molecule has 10 heavy (non-hydrogen) atoms. The molecule has 0 spiro atoms. The second-order valence-electron chi connectivity index (χ2n) is 1.58. The molecule has 1 heterocycles. The second kappa shape index (κ2) is 3.27. The third-order valence-corrected chi connectivity index (χ3v) is 0.932. The number of hydrogen-bond acceptors (Lipinski definition) is 3. The van der Waals surface area contributed by atoms with Crippen LogP contribution in [0.3, 0.4) is 0 Å². The fourth-order valence-electron chi connectivity index (χ4n) is 0.473. The first-order valence-electron chi connectivity index (χ1n) is 2.63. The molecule has 3 nitrogen and oxygen atoms in total. The van der Waals surface area contributed by atoms with Gasteiger partial charge in [-0.2, -0.15) is 0 Å². The van der Waals surface area contributed by atoms with Gasteiger partial charge in [0.25, 0.3) is 11.2 Å². The average Bonchev–Trinajstić information content (AvgIpc) is 2.34. The number of rotatable bonds is 3. The predicted octanol–water partition coefficient (Wildman–Crippen LogP) is 1.42. The molecule has 0 saturated carbocycles. The highest BCUT2D eigenvalue weighted by Gasteiger charge is 1.98. The molecule has 0 aliphatic heterocycles. The lowest BCUT2D eigenvalue weighted by atomic mass is 10.6. The summed E-state index contributed by atoms with van der Waals surface area (Å²) in [6.45, 7) is -0.158. The molecule has 0 fully saturated rings. The summed E-state index contributed by atoms with van der Waals surface area (Å²) in [4.78, 5) is 10.1. The highest BCUT2D eigenvalue weighted by Crippen LogP contribution is 2.09. The SMILES string of the molecule is O=C(Cl)COc1ccco1. The largest absolute Gasteiger partial charge is 0.456 e. The quantitative estimate of drug-likeness (QED) is 0.628. The van der Waals surface area contributed by atoms with Gasteiger partial charge in [-0.3, -0.25) is 4.79 Å². The summed E-state index contributed by atoms with van der Waals surface area (Å²) in [6.07, 6.45) is 1.45. The molecule has 0 amide bonds. The van der Waals surface area contributed by atoms with Gasteiger partial charge in [-0.25, -0.2) is 0 Å². The summed E-state index contributed by atoms with van der Waals surface area (Å²) in [7, 11) is 0. The van der Waals surface area contributed by atoms with Gasteiger partial charge in [0.1, 0.15) is 0 Å². The minimum absolute atomic E-state index is 0.158. The van der Waals surface area contributed by atoms with E-state index >= 15 is 0 Å². The van der Waals surface area contributed by atoms with Crippen molar-refractivity contribution in [1.82, 2.24) is 0 Å². The van der Waals surface area contributed by atoms with Gasteiger partial charge in [0.15, 0.2) is 6.61 Å². The maximum Gasteiger partial charge on any atom is 0.284 e. The Kier molecular flexibility index (Phi) is 2.34. The molecule has 0 aromatic carbocycles. The van der Waals surface area contributed by atoms with Crippen molar-refractivity contribution in [3.63, 3.8) is 0 Å². The van der Waals surface area contributed by atoms with Crippen LogP contribution in [0, 0.1) is 0 Å². The Balaban J connectivity index is 2.35. The molecule has 0 atom stereocenters. The van der Waals surface area contributed by atoms with Gasteiger partial charge in [0.2, 0.25) is 0 Å². The molecule has 54 valence electrons. The van der Waals surface area contributed by atoms with Gasteiger partial charge in [-0.05, 0) is 17.7 Å². The van der Waals surface area contributed by atoms with Crippen molar-refractivity contribution in [3.05, 3.63) is 18.4 Å². The van der Waals surface area contributed by atoms with Crippen LogP contribution in [-0.2, 0) is 4.79 Å². The van der Waals surface area contributed by atoms with E-state index in [4.69, 9.17) is 20.8 Å². The van der Waals surface area contributed by atoms with Crippen LogP contribution in [0.1, 0.15) is 0 Å². The smallest absolute Gasteiger partial charge is 0.284 e. The normalized spacial score (nSPS) is 9.30. The molecular formula is C6H5ClO3. The molecule has 0 radical (unpaired) electrons. The molecule has 1 aromatic rings. The second-order valence-corrected chi connectivity index (χ2v) is 2.00. The van der Waals surface area contributed by atoms with Crippen LogP contribution in [-0.4, -0.2) is 11.8 Å². The van der Waals surface area contributed by atoms with E-state index in [2.05, 4.69) is 0 Å². The Morgan fingerprint density at radius 3 is 3.10 bits per heavy atom. The Morgan fingerprint density at radius 2 is 2.60 bits per heavy atom. The summed E-state index contributed by atoms with van der Waals surface area (Å²) in [6, 6.07) is 3.26. The van der Waals surface area contributed by atoms with E-state index in [0.29, 0.717) is 5.95 Å². The van der Waals surface area contributed by atoms with Gasteiger partial charge < -0.3 is 9.15 Å². The zero-order valence-corrected chi connectivity index (χ0v) is 5.80. The first kappa shape index (κ1) is 7.15. The zero-order chi connectivity index (χ0) is 7.40. The lowest BCUT2D eigenvalue weighted by Gasteiger charge is -1.94. The fraction of sp³-hybridized carbons (Fsp3) is 0.167. The fourth-order valence-corrected chi connectivity index (χ4v) is 0.528. The maximum atomic E-state index is 10.1. The number of ether oxygens (including phenoxy) is 1. The van der Waals surface area contributed by atoms with E-state index in [1.54, 1.807) is 12.1 Å². The van der Waals surface area contributed by atoms with Crippen LogP contribution in [0.25, 0.3) is 0 Å². The highest BCUT2D eigenvalue weighted by atomic mass is 35.5. The first-order valence-corrected chi connectivity index (χ1v) is 3.01. The van der Waals surface area contributed by atoms with Crippen molar-refractivity contribution in [2.24, 2.45) is 0 Å². The molecule has 0 bridgehead atoms. The van der Waals surface area contributed by atoms with Crippen molar-refractivity contribution < 1.29 is 13.9 Å². The summed E-state index contributed by atoms with van der Waals surface area (Å²) in [5.74, 6) is 0.300. The van der Waals surface area contributed by atoms with E-state index in [1.807, 2.05) is 0 Å². The van der Waals surface area contributed by atoms with E-state index in [0.717, 1.165) is 0 Å². The number of hydrogen-bond donors (Lipinski definition) is 0. The Bertz CT molecular complexity index is 205. The summed E-state index contributed by atoms with van der Waals surface area (Å²) in [5.41, 5.74) is 0. The third kappa shape index (κ3) is 2.11. The van der Waals surface area contributed by atoms with Crippen LogP contribution in [0.15, 0.2) is 22.8 Å². The van der Waals surface area contributed by atoms with E-state index in [-0.39, 0.29) is 6.61 Å². The third-order valence-electron chi connectivity index (χ3n) is 0.823. The molecule has 0 N–H and O–H groups in total. The van der Waals surface area contributed by atoms with Gasteiger partial charge in [0, 0.05) is 6.07 Å². The van der Waals surface area contributed by atoms with Crippen molar-refractivity contribution in [1.29, 1.82) is 0 Å². The number of furan rings is 1. The maximum absolute atomic E-state index is 10.1. The van der Waals surface area contributed by atoms with Gasteiger partial charge in [0.05, 0.1) is 6.26 Å². The van der Waals surface area contributed by atoms with E-state index in [9.17, 15) is 4.79 Å². The molecule has 0 aliphatic rings. The van der Waals surface area contributed by atoms with Crippen molar-refractivity contribution in [2.45, 2.75) is 0 Å². The Hall–Kier alpha value is -0.960. The van der Waals surface area contributed by atoms with Gasteiger partial charge >= 0.3 is 0 Å². The van der Waals surface area contributed by atoms with Crippen molar-refractivity contribution in [2.75, 3.05) is 6.61 Å². The van der Waals surface area contributed by atoms with Crippen LogP contribution in [0.4, 0.5) is 0 Å². The monoisotopic (exact) mass is 160 g/mol. The van der Waals surface area contributed by atoms with Crippen LogP contribution in [0.5, 0.6) is 5.95 Å². The standard InChI is InChI=1S/C6H5ClO3/c7-5(8)4-10-6-2-1-3-9-6/h1-3H,4H2. The highest BCUT2D eigenvalue weighted by molar-refractivity contribution is 6.63. The Morgan fingerprint density at radius 1 is 1.80 bits per heavy atom. The molecule has 4 heteroatoms. The van der Waals surface area contributed by atoms with Crippen molar-refractivity contribution >= 4 is 16.8 Å². The molecule has 0 aliphatic carbocycles.